The van der Waals surface area contributed by atoms with Crippen molar-refractivity contribution in [2.45, 2.75) is 19.3 Å². The molecule has 64 valence electrons. The predicted molar refractivity (Wildman–Crippen MR) is 48.0 cm³/mol. The van der Waals surface area contributed by atoms with Crippen LogP contribution in [0.15, 0.2) is 0 Å². The second kappa shape index (κ2) is 2.62. The Balaban J connectivity index is 2.51. The number of hydrogen-bond acceptors (Lipinski definition) is 4. The molecule has 0 saturated heterocycles. The Morgan fingerprint density at radius 2 is 2.17 bits per heavy atom. The second-order valence-corrected chi connectivity index (χ2v) is 2.96. The average molecular weight is 164 g/mol. The van der Waals surface area contributed by atoms with Crippen LogP contribution in [0.25, 0.3) is 0 Å². The normalized spacial score (nSPS) is 14.4. The van der Waals surface area contributed by atoms with Crippen molar-refractivity contribution < 1.29 is 0 Å². The topological polar surface area (TPSA) is 63.8 Å². The first-order valence-electron chi connectivity index (χ1n) is 4.14. The van der Waals surface area contributed by atoms with E-state index in [0.29, 0.717) is 11.8 Å². The first-order valence-corrected chi connectivity index (χ1v) is 4.14. The molecule has 0 bridgehead atoms. The summed E-state index contributed by atoms with van der Waals surface area (Å²) >= 11 is 0. The number of nitrogens with one attached hydrogen (secondary N) is 1. The Kier molecular flexibility index (Phi) is 1.60. The zero-order valence-electron chi connectivity index (χ0n) is 7.09. The van der Waals surface area contributed by atoms with E-state index >= 15 is 0 Å². The van der Waals surface area contributed by atoms with Crippen molar-refractivity contribution in [3.05, 3.63) is 11.3 Å². The van der Waals surface area contributed by atoms with Crippen LogP contribution in [-0.4, -0.2) is 17.0 Å². The number of aryl methyl sites for hydroxylation is 1. The number of hydrogen-bond donors (Lipinski definition) is 2. The van der Waals surface area contributed by atoms with Gasteiger partial charge in [-0.05, 0) is 19.3 Å². The van der Waals surface area contributed by atoms with Crippen molar-refractivity contribution in [1.29, 1.82) is 0 Å². The molecule has 0 fully saturated rings. The molecule has 12 heavy (non-hydrogen) atoms. The van der Waals surface area contributed by atoms with Gasteiger partial charge in [-0.25, -0.2) is 4.98 Å². The molecule has 0 amide bonds. The van der Waals surface area contributed by atoms with E-state index in [1.54, 1.807) is 7.05 Å². The van der Waals surface area contributed by atoms with Crippen molar-refractivity contribution in [3.8, 4) is 0 Å². The number of anilines is 2. The summed E-state index contributed by atoms with van der Waals surface area (Å²) in [5, 5.41) is 2.90. The highest BCUT2D eigenvalue weighted by Gasteiger charge is 2.16. The molecule has 0 aromatic carbocycles. The summed E-state index contributed by atoms with van der Waals surface area (Å²) < 4.78 is 0. The maximum Gasteiger partial charge on any atom is 0.224 e. The molecule has 1 aromatic heterocycles. The molecule has 1 aromatic rings. The van der Waals surface area contributed by atoms with Crippen LogP contribution >= 0.6 is 0 Å². The Labute approximate surface area is 71.2 Å². The molecule has 4 nitrogen and oxygen atoms in total. The molecule has 0 spiro atoms. The second-order valence-electron chi connectivity index (χ2n) is 2.96. The van der Waals surface area contributed by atoms with E-state index in [9.17, 15) is 0 Å². The van der Waals surface area contributed by atoms with E-state index in [1.165, 1.54) is 0 Å². The monoisotopic (exact) mass is 164 g/mol. The van der Waals surface area contributed by atoms with E-state index in [-0.39, 0.29) is 0 Å². The smallest absolute Gasteiger partial charge is 0.224 e. The van der Waals surface area contributed by atoms with Crippen LogP contribution in [-0.2, 0) is 12.8 Å². The predicted octanol–water partition coefficient (Wildman–Crippen LogP) is 0.589. The minimum atomic E-state index is 0.633. The Morgan fingerprint density at radius 3 is 2.92 bits per heavy atom. The fraction of sp³-hybridized carbons (Fsp3) is 0.500. The fourth-order valence-corrected chi connectivity index (χ4v) is 1.57. The van der Waals surface area contributed by atoms with Crippen molar-refractivity contribution in [1.82, 2.24) is 9.97 Å². The molecule has 0 atom stereocenters. The molecule has 1 aliphatic carbocycles. The van der Waals surface area contributed by atoms with Crippen LogP contribution < -0.4 is 11.1 Å². The fourth-order valence-electron chi connectivity index (χ4n) is 1.57. The third-order valence-corrected chi connectivity index (χ3v) is 2.19. The van der Waals surface area contributed by atoms with E-state index in [4.69, 9.17) is 5.73 Å². The maximum atomic E-state index is 5.76. The van der Waals surface area contributed by atoms with Gasteiger partial charge in [-0.15, -0.1) is 0 Å². The van der Waals surface area contributed by atoms with Crippen LogP contribution in [0.2, 0.25) is 0 Å². The van der Waals surface area contributed by atoms with E-state index in [0.717, 1.165) is 30.5 Å². The number of nitrogens with zero attached hydrogens (tertiary/aromatic N) is 2. The molecule has 3 N–H and O–H groups in total. The molecular formula is C8H12N4. The average Bonchev–Trinajstić information content (AvgIpc) is 2.52. The first kappa shape index (κ1) is 7.34. The van der Waals surface area contributed by atoms with Crippen LogP contribution in [0.3, 0.4) is 0 Å². The van der Waals surface area contributed by atoms with Gasteiger partial charge in [-0.3, -0.25) is 0 Å². The minimum Gasteiger partial charge on any atom is -0.383 e. The summed E-state index contributed by atoms with van der Waals surface area (Å²) in [6.45, 7) is 0. The van der Waals surface area contributed by atoms with E-state index < -0.39 is 0 Å². The summed E-state index contributed by atoms with van der Waals surface area (Å²) in [6, 6.07) is 0. The number of fused-ring (bicyclic) bond motifs is 1. The van der Waals surface area contributed by atoms with Crippen molar-refractivity contribution in [3.63, 3.8) is 0 Å². The molecular weight excluding hydrogens is 152 g/mol. The van der Waals surface area contributed by atoms with E-state index in [2.05, 4.69) is 15.3 Å². The number of nitrogens with two attached hydrogens (primary N) is 1. The summed E-state index contributed by atoms with van der Waals surface area (Å²) in [6.07, 6.45) is 3.23. The highest BCUT2D eigenvalue weighted by atomic mass is 15.1. The molecule has 0 aliphatic heterocycles. The van der Waals surface area contributed by atoms with Crippen LogP contribution in [0.4, 0.5) is 11.8 Å². The molecule has 2 rings (SSSR count). The molecule has 1 heterocycles. The Hall–Kier alpha value is -1.32. The van der Waals surface area contributed by atoms with Gasteiger partial charge in [0.2, 0.25) is 5.95 Å². The summed E-state index contributed by atoms with van der Waals surface area (Å²) in [4.78, 5) is 8.45. The standard InChI is InChI=1S/C8H12N4/c1-10-8-11-6-4-2-3-5(6)7(9)12-8/h2-4H2,1H3,(H3,9,10,11,12). The lowest BCUT2D eigenvalue weighted by Crippen LogP contribution is -2.04. The lowest BCUT2D eigenvalue weighted by Gasteiger charge is -2.04. The zero-order valence-corrected chi connectivity index (χ0v) is 7.09. The minimum absolute atomic E-state index is 0.633. The molecule has 0 saturated carbocycles. The van der Waals surface area contributed by atoms with E-state index in [1.807, 2.05) is 0 Å². The number of aromatic nitrogens is 2. The third kappa shape index (κ3) is 0.995. The van der Waals surface area contributed by atoms with Gasteiger partial charge in [0.1, 0.15) is 5.82 Å². The molecule has 4 heteroatoms. The van der Waals surface area contributed by atoms with Gasteiger partial charge in [0.15, 0.2) is 0 Å². The lowest BCUT2D eigenvalue weighted by molar-refractivity contribution is 0.900. The van der Waals surface area contributed by atoms with Gasteiger partial charge in [-0.2, -0.15) is 4.98 Å². The van der Waals surface area contributed by atoms with Gasteiger partial charge < -0.3 is 11.1 Å². The van der Waals surface area contributed by atoms with Gasteiger partial charge in [0, 0.05) is 12.6 Å². The highest BCUT2D eigenvalue weighted by Crippen LogP contribution is 2.24. The molecule has 1 aliphatic rings. The molecule has 0 radical (unpaired) electrons. The van der Waals surface area contributed by atoms with Crippen molar-refractivity contribution in [2.24, 2.45) is 0 Å². The maximum absolute atomic E-state index is 5.76. The summed E-state index contributed by atoms with van der Waals surface area (Å²) in [5.74, 6) is 1.27. The van der Waals surface area contributed by atoms with Crippen LogP contribution in [0.1, 0.15) is 17.7 Å². The first-order chi connectivity index (χ1) is 5.81. The van der Waals surface area contributed by atoms with Crippen LogP contribution in [0.5, 0.6) is 0 Å². The summed E-state index contributed by atoms with van der Waals surface area (Å²) in [5.41, 5.74) is 8.02. The quantitative estimate of drug-likeness (QED) is 0.637. The SMILES string of the molecule is CNc1nc(N)c2c(n1)CCC2. The van der Waals surface area contributed by atoms with Gasteiger partial charge in [0.05, 0.1) is 5.69 Å². The van der Waals surface area contributed by atoms with Crippen molar-refractivity contribution >= 4 is 11.8 Å². The van der Waals surface area contributed by atoms with Gasteiger partial charge in [0.25, 0.3) is 0 Å². The third-order valence-electron chi connectivity index (χ3n) is 2.19. The summed E-state index contributed by atoms with van der Waals surface area (Å²) in [7, 11) is 1.80. The van der Waals surface area contributed by atoms with Gasteiger partial charge in [-0.1, -0.05) is 0 Å². The molecule has 0 unspecified atom stereocenters. The van der Waals surface area contributed by atoms with Crippen molar-refractivity contribution in [2.75, 3.05) is 18.1 Å². The zero-order chi connectivity index (χ0) is 8.55. The van der Waals surface area contributed by atoms with Crippen LogP contribution in [0, 0.1) is 0 Å². The Bertz CT molecular complexity index is 308. The van der Waals surface area contributed by atoms with Gasteiger partial charge >= 0.3 is 0 Å². The number of nitrogen functional groups attached to an aromatic ring is 1. The lowest BCUT2D eigenvalue weighted by atomic mass is 10.2. The largest absolute Gasteiger partial charge is 0.383 e. The highest BCUT2D eigenvalue weighted by molar-refractivity contribution is 5.48. The Morgan fingerprint density at radius 1 is 1.33 bits per heavy atom. The number of rotatable bonds is 1.